The molecule has 0 aromatic carbocycles. The maximum absolute atomic E-state index is 11.3. The van der Waals surface area contributed by atoms with E-state index in [0.717, 1.165) is 0 Å². The van der Waals surface area contributed by atoms with Crippen molar-refractivity contribution >= 4 is 11.8 Å². The summed E-state index contributed by atoms with van der Waals surface area (Å²) in [7, 11) is 1.57. The second-order valence-corrected chi connectivity index (χ2v) is 3.02. The lowest BCUT2D eigenvalue weighted by Gasteiger charge is -2.12. The highest BCUT2D eigenvalue weighted by Crippen LogP contribution is 1.83. The molecule has 0 aliphatic carbocycles. The van der Waals surface area contributed by atoms with Crippen LogP contribution in [0.25, 0.3) is 0 Å². The number of nitrogens with one attached hydrogen (secondary N) is 3. The maximum atomic E-state index is 11.3. The van der Waals surface area contributed by atoms with E-state index in [4.69, 9.17) is 6.42 Å². The Bertz CT molecular complexity index is 258. The molecular weight excluding hydrogens is 194 g/mol. The third-order valence-electron chi connectivity index (χ3n) is 1.84. The third kappa shape index (κ3) is 6.52. The van der Waals surface area contributed by atoms with Crippen molar-refractivity contribution in [3.05, 3.63) is 0 Å². The van der Waals surface area contributed by atoms with Gasteiger partial charge in [-0.1, -0.05) is 5.92 Å². The molecule has 84 valence electrons. The van der Waals surface area contributed by atoms with Crippen molar-refractivity contribution in [3.63, 3.8) is 0 Å². The predicted molar refractivity (Wildman–Crippen MR) is 58.0 cm³/mol. The number of carbonyl (C=O) groups is 2. The monoisotopic (exact) mass is 211 g/mol. The lowest BCUT2D eigenvalue weighted by molar-refractivity contribution is -0.123. The molecule has 0 bridgehead atoms. The first-order chi connectivity index (χ1) is 7.11. The lowest BCUT2D eigenvalue weighted by Crippen LogP contribution is -2.43. The SMILES string of the molecule is C#CCNC(=O)C(C)NCCC(=O)NC. The average molecular weight is 211 g/mol. The number of carbonyl (C=O) groups excluding carboxylic acids is 2. The minimum Gasteiger partial charge on any atom is -0.359 e. The first kappa shape index (κ1) is 13.5. The number of hydrogen-bond donors (Lipinski definition) is 3. The highest BCUT2D eigenvalue weighted by Gasteiger charge is 2.10. The quantitative estimate of drug-likeness (QED) is 0.486. The van der Waals surface area contributed by atoms with E-state index in [1.807, 2.05) is 0 Å². The summed E-state index contributed by atoms with van der Waals surface area (Å²) in [5, 5.41) is 7.96. The Labute approximate surface area is 90.0 Å². The van der Waals surface area contributed by atoms with Crippen molar-refractivity contribution in [1.82, 2.24) is 16.0 Å². The van der Waals surface area contributed by atoms with Crippen LogP contribution in [-0.2, 0) is 9.59 Å². The highest BCUT2D eigenvalue weighted by molar-refractivity contribution is 5.81. The van der Waals surface area contributed by atoms with Gasteiger partial charge in [0.2, 0.25) is 11.8 Å². The Hall–Kier alpha value is -1.54. The average Bonchev–Trinajstić information content (AvgIpc) is 2.25. The van der Waals surface area contributed by atoms with Gasteiger partial charge >= 0.3 is 0 Å². The molecule has 5 heteroatoms. The maximum Gasteiger partial charge on any atom is 0.237 e. The van der Waals surface area contributed by atoms with Gasteiger partial charge in [0.05, 0.1) is 12.6 Å². The molecule has 1 unspecified atom stereocenters. The van der Waals surface area contributed by atoms with E-state index in [0.29, 0.717) is 13.0 Å². The minimum absolute atomic E-state index is 0.0567. The van der Waals surface area contributed by atoms with E-state index >= 15 is 0 Å². The molecule has 15 heavy (non-hydrogen) atoms. The Morgan fingerprint density at radius 1 is 1.47 bits per heavy atom. The Kier molecular flexibility index (Phi) is 7.02. The van der Waals surface area contributed by atoms with Crippen molar-refractivity contribution < 1.29 is 9.59 Å². The molecule has 1 atom stereocenters. The van der Waals surface area contributed by atoms with E-state index in [9.17, 15) is 9.59 Å². The second kappa shape index (κ2) is 7.83. The molecule has 0 aliphatic rings. The van der Waals surface area contributed by atoms with Gasteiger partial charge in [-0.25, -0.2) is 0 Å². The zero-order chi connectivity index (χ0) is 11.7. The summed E-state index contributed by atoms with van der Waals surface area (Å²) in [6.07, 6.45) is 5.35. The fourth-order valence-corrected chi connectivity index (χ4v) is 0.911. The molecule has 0 rings (SSSR count). The smallest absolute Gasteiger partial charge is 0.237 e. The fraction of sp³-hybridized carbons (Fsp3) is 0.600. The van der Waals surface area contributed by atoms with Crippen molar-refractivity contribution in [3.8, 4) is 12.3 Å². The summed E-state index contributed by atoms with van der Waals surface area (Å²) in [5.74, 6) is 2.09. The van der Waals surface area contributed by atoms with Crippen LogP contribution in [0.2, 0.25) is 0 Å². The van der Waals surface area contributed by atoms with Crippen LogP contribution in [0.4, 0.5) is 0 Å². The van der Waals surface area contributed by atoms with Crippen LogP contribution >= 0.6 is 0 Å². The van der Waals surface area contributed by atoms with Gasteiger partial charge < -0.3 is 16.0 Å². The summed E-state index contributed by atoms with van der Waals surface area (Å²) < 4.78 is 0. The zero-order valence-electron chi connectivity index (χ0n) is 9.09. The summed E-state index contributed by atoms with van der Waals surface area (Å²) in [6, 6.07) is -0.344. The van der Waals surface area contributed by atoms with Crippen LogP contribution in [-0.4, -0.2) is 38.0 Å². The van der Waals surface area contributed by atoms with Gasteiger partial charge in [-0.15, -0.1) is 6.42 Å². The Morgan fingerprint density at radius 2 is 2.13 bits per heavy atom. The Balaban J connectivity index is 3.65. The minimum atomic E-state index is -0.344. The predicted octanol–water partition coefficient (Wildman–Crippen LogP) is -1.15. The van der Waals surface area contributed by atoms with Crippen LogP contribution in [0, 0.1) is 12.3 Å². The molecule has 0 fully saturated rings. The van der Waals surface area contributed by atoms with E-state index in [1.54, 1.807) is 14.0 Å². The third-order valence-corrected chi connectivity index (χ3v) is 1.84. The molecule has 0 aromatic rings. The molecule has 5 nitrogen and oxygen atoms in total. The van der Waals surface area contributed by atoms with Crippen LogP contribution in [0.3, 0.4) is 0 Å². The molecular formula is C10H17N3O2. The van der Waals surface area contributed by atoms with Crippen molar-refractivity contribution in [2.45, 2.75) is 19.4 Å². The first-order valence-electron chi connectivity index (χ1n) is 4.77. The summed E-state index contributed by atoms with van der Waals surface area (Å²) in [4.78, 5) is 22.1. The van der Waals surface area contributed by atoms with Gasteiger partial charge in [-0.05, 0) is 6.92 Å². The largest absolute Gasteiger partial charge is 0.359 e. The van der Waals surface area contributed by atoms with E-state index in [1.165, 1.54) is 0 Å². The molecule has 0 heterocycles. The van der Waals surface area contributed by atoms with Crippen LogP contribution in [0.15, 0.2) is 0 Å². The summed E-state index contributed by atoms with van der Waals surface area (Å²) in [5.41, 5.74) is 0. The van der Waals surface area contributed by atoms with Crippen molar-refractivity contribution in [2.24, 2.45) is 0 Å². The fourth-order valence-electron chi connectivity index (χ4n) is 0.911. The van der Waals surface area contributed by atoms with E-state index in [2.05, 4.69) is 21.9 Å². The van der Waals surface area contributed by atoms with Gasteiger partial charge in [0.1, 0.15) is 0 Å². The van der Waals surface area contributed by atoms with Gasteiger partial charge in [0, 0.05) is 20.0 Å². The number of amides is 2. The van der Waals surface area contributed by atoms with Gasteiger partial charge in [0.15, 0.2) is 0 Å². The first-order valence-corrected chi connectivity index (χ1v) is 4.77. The highest BCUT2D eigenvalue weighted by atomic mass is 16.2. The molecule has 0 spiro atoms. The van der Waals surface area contributed by atoms with Crippen molar-refractivity contribution in [2.75, 3.05) is 20.1 Å². The van der Waals surface area contributed by atoms with E-state index in [-0.39, 0.29) is 24.4 Å². The molecule has 0 radical (unpaired) electrons. The number of terminal acetylenes is 1. The second-order valence-electron chi connectivity index (χ2n) is 3.02. The Morgan fingerprint density at radius 3 is 2.67 bits per heavy atom. The zero-order valence-corrected chi connectivity index (χ0v) is 9.09. The van der Waals surface area contributed by atoms with Gasteiger partial charge in [0.25, 0.3) is 0 Å². The molecule has 0 saturated heterocycles. The van der Waals surface area contributed by atoms with Gasteiger partial charge in [-0.2, -0.15) is 0 Å². The summed E-state index contributed by atoms with van der Waals surface area (Å²) >= 11 is 0. The van der Waals surface area contributed by atoms with Gasteiger partial charge in [-0.3, -0.25) is 9.59 Å². The summed E-state index contributed by atoms with van der Waals surface area (Å²) in [6.45, 7) is 2.40. The molecule has 3 N–H and O–H groups in total. The normalized spacial score (nSPS) is 11.3. The van der Waals surface area contributed by atoms with Crippen LogP contribution in [0.1, 0.15) is 13.3 Å². The number of hydrogen-bond acceptors (Lipinski definition) is 3. The van der Waals surface area contributed by atoms with E-state index < -0.39 is 0 Å². The standard InChI is InChI=1S/C10H17N3O2/c1-4-6-13-10(15)8(2)12-7-5-9(14)11-3/h1,8,12H,5-7H2,2-3H3,(H,11,14)(H,13,15). The molecule has 2 amide bonds. The number of rotatable bonds is 6. The van der Waals surface area contributed by atoms with Crippen molar-refractivity contribution in [1.29, 1.82) is 0 Å². The molecule has 0 saturated carbocycles. The molecule has 0 aliphatic heterocycles. The lowest BCUT2D eigenvalue weighted by atomic mass is 10.3. The van der Waals surface area contributed by atoms with Crippen LogP contribution in [0.5, 0.6) is 0 Å². The topological polar surface area (TPSA) is 70.2 Å². The van der Waals surface area contributed by atoms with Crippen LogP contribution < -0.4 is 16.0 Å². The molecule has 0 aromatic heterocycles.